The van der Waals surface area contributed by atoms with E-state index in [1.54, 1.807) is 20.0 Å². The van der Waals surface area contributed by atoms with Gasteiger partial charge >= 0.3 is 0 Å². The number of carbonyl (C=O) groups excluding carboxylic acids is 3. The molecular weight excluding hydrogens is 462 g/mol. The molecule has 8 nitrogen and oxygen atoms in total. The fraction of sp³-hybridized carbons (Fsp3) is 0.455. The molecule has 9 heteroatoms. The second-order valence-corrected chi connectivity index (χ2v) is 9.31. The summed E-state index contributed by atoms with van der Waals surface area (Å²) in [6, 6.07) is 8.87. The SMILES string of the molecule is CN1C(=O)c2cc(C(=O)Nc3ccccc3Br)nn2CC1(C)C(=O)NC1CCCCC1. The van der Waals surface area contributed by atoms with E-state index in [1.807, 2.05) is 18.2 Å². The van der Waals surface area contributed by atoms with Crippen molar-refractivity contribution in [1.82, 2.24) is 20.0 Å². The Morgan fingerprint density at radius 3 is 2.61 bits per heavy atom. The van der Waals surface area contributed by atoms with Gasteiger partial charge in [0.2, 0.25) is 5.91 Å². The molecule has 1 atom stereocenters. The minimum Gasteiger partial charge on any atom is -0.351 e. The molecule has 31 heavy (non-hydrogen) atoms. The number of nitrogens with one attached hydrogen (secondary N) is 2. The van der Waals surface area contributed by atoms with E-state index in [0.29, 0.717) is 11.4 Å². The lowest BCUT2D eigenvalue weighted by molar-refractivity contribution is -0.133. The van der Waals surface area contributed by atoms with Crippen LogP contribution in [0.25, 0.3) is 0 Å². The second-order valence-electron chi connectivity index (χ2n) is 8.45. The van der Waals surface area contributed by atoms with Gasteiger partial charge in [0.1, 0.15) is 11.2 Å². The van der Waals surface area contributed by atoms with E-state index in [1.165, 1.54) is 22.1 Å². The Morgan fingerprint density at radius 1 is 1.19 bits per heavy atom. The third-order valence-electron chi connectivity index (χ3n) is 6.29. The number of para-hydroxylation sites is 1. The van der Waals surface area contributed by atoms with Gasteiger partial charge in [0.05, 0.1) is 12.2 Å². The first-order valence-corrected chi connectivity index (χ1v) is 11.3. The Labute approximate surface area is 189 Å². The Morgan fingerprint density at radius 2 is 1.90 bits per heavy atom. The summed E-state index contributed by atoms with van der Waals surface area (Å²) in [6.07, 6.45) is 5.34. The van der Waals surface area contributed by atoms with E-state index < -0.39 is 11.4 Å². The van der Waals surface area contributed by atoms with Gasteiger partial charge < -0.3 is 15.5 Å². The Kier molecular flexibility index (Phi) is 5.88. The molecule has 1 fully saturated rings. The van der Waals surface area contributed by atoms with Gasteiger partial charge in [-0.15, -0.1) is 0 Å². The van der Waals surface area contributed by atoms with Crippen LogP contribution in [0.4, 0.5) is 5.69 Å². The van der Waals surface area contributed by atoms with Crippen molar-refractivity contribution in [1.29, 1.82) is 0 Å². The maximum atomic E-state index is 13.1. The average Bonchev–Trinajstić information content (AvgIpc) is 3.18. The molecule has 1 aromatic carbocycles. The van der Waals surface area contributed by atoms with Crippen molar-refractivity contribution < 1.29 is 14.4 Å². The summed E-state index contributed by atoms with van der Waals surface area (Å²) < 4.78 is 2.22. The van der Waals surface area contributed by atoms with Gasteiger partial charge in [-0.3, -0.25) is 19.1 Å². The van der Waals surface area contributed by atoms with Crippen LogP contribution < -0.4 is 10.6 Å². The molecule has 1 aliphatic carbocycles. The molecule has 0 radical (unpaired) electrons. The summed E-state index contributed by atoms with van der Waals surface area (Å²) >= 11 is 3.40. The third kappa shape index (κ3) is 4.11. The van der Waals surface area contributed by atoms with Gasteiger partial charge in [-0.05, 0) is 47.8 Å². The molecule has 2 N–H and O–H groups in total. The smallest absolute Gasteiger partial charge is 0.276 e. The molecule has 1 unspecified atom stereocenters. The number of nitrogens with zero attached hydrogens (tertiary/aromatic N) is 3. The molecule has 2 aromatic rings. The molecule has 4 rings (SSSR count). The van der Waals surface area contributed by atoms with Crippen molar-refractivity contribution in [2.45, 2.75) is 57.2 Å². The van der Waals surface area contributed by atoms with Crippen LogP contribution in [0.5, 0.6) is 0 Å². The lowest BCUT2D eigenvalue weighted by atomic mass is 9.92. The quantitative estimate of drug-likeness (QED) is 0.691. The lowest BCUT2D eigenvalue weighted by Gasteiger charge is -2.41. The maximum absolute atomic E-state index is 13.1. The lowest BCUT2D eigenvalue weighted by Crippen LogP contribution is -2.63. The van der Waals surface area contributed by atoms with Gasteiger partial charge in [-0.1, -0.05) is 31.4 Å². The average molecular weight is 488 g/mol. The van der Waals surface area contributed by atoms with Gasteiger partial charge in [-0.2, -0.15) is 5.10 Å². The van der Waals surface area contributed by atoms with E-state index in [4.69, 9.17) is 0 Å². The summed E-state index contributed by atoms with van der Waals surface area (Å²) in [7, 11) is 1.63. The zero-order chi connectivity index (χ0) is 22.2. The van der Waals surface area contributed by atoms with E-state index in [9.17, 15) is 14.4 Å². The van der Waals surface area contributed by atoms with Crippen molar-refractivity contribution in [3.05, 3.63) is 46.2 Å². The summed E-state index contributed by atoms with van der Waals surface area (Å²) in [5.74, 6) is -0.937. The minimum absolute atomic E-state index is 0.129. The number of carbonyl (C=O) groups is 3. The number of rotatable bonds is 4. The van der Waals surface area contributed by atoms with Crippen LogP contribution in [-0.4, -0.2) is 51.0 Å². The molecule has 0 bridgehead atoms. The number of halogens is 1. The highest BCUT2D eigenvalue weighted by atomic mass is 79.9. The van der Waals surface area contributed by atoms with Crippen LogP contribution in [-0.2, 0) is 11.3 Å². The van der Waals surface area contributed by atoms with Crippen molar-refractivity contribution >= 4 is 39.3 Å². The van der Waals surface area contributed by atoms with Gasteiger partial charge in [0.25, 0.3) is 11.8 Å². The first-order chi connectivity index (χ1) is 14.8. The summed E-state index contributed by atoms with van der Waals surface area (Å²) in [5, 5.41) is 10.3. The Balaban J connectivity index is 1.54. The van der Waals surface area contributed by atoms with Crippen LogP contribution in [0.1, 0.15) is 60.0 Å². The number of amides is 3. The number of likely N-dealkylation sites (N-methyl/N-ethyl adjacent to an activating group) is 1. The maximum Gasteiger partial charge on any atom is 0.276 e. The fourth-order valence-electron chi connectivity index (χ4n) is 4.17. The summed E-state index contributed by atoms with van der Waals surface area (Å²) in [6.45, 7) is 1.93. The molecular formula is C22H26BrN5O3. The number of benzene rings is 1. The zero-order valence-electron chi connectivity index (χ0n) is 17.7. The largest absolute Gasteiger partial charge is 0.351 e. The van der Waals surface area contributed by atoms with Crippen LogP contribution in [0.3, 0.4) is 0 Å². The van der Waals surface area contributed by atoms with Crippen molar-refractivity contribution in [2.75, 3.05) is 12.4 Å². The number of anilines is 1. The third-order valence-corrected chi connectivity index (χ3v) is 6.98. The topological polar surface area (TPSA) is 96.3 Å². The normalized spacial score (nSPS) is 21.5. The van der Waals surface area contributed by atoms with Gasteiger partial charge in [-0.25, -0.2) is 0 Å². The van der Waals surface area contributed by atoms with Crippen LogP contribution in [0.2, 0.25) is 0 Å². The van der Waals surface area contributed by atoms with E-state index in [-0.39, 0.29) is 30.1 Å². The molecule has 1 aromatic heterocycles. The van der Waals surface area contributed by atoms with Crippen molar-refractivity contribution in [3.63, 3.8) is 0 Å². The van der Waals surface area contributed by atoms with Crippen LogP contribution in [0, 0.1) is 0 Å². The summed E-state index contributed by atoms with van der Waals surface area (Å²) in [4.78, 5) is 40.3. The summed E-state index contributed by atoms with van der Waals surface area (Å²) in [5.41, 5.74) is -0.0465. The predicted octanol–water partition coefficient (Wildman–Crippen LogP) is 3.19. The molecule has 2 heterocycles. The fourth-order valence-corrected chi connectivity index (χ4v) is 4.56. The molecule has 1 saturated carbocycles. The monoisotopic (exact) mass is 487 g/mol. The van der Waals surface area contributed by atoms with Gasteiger partial charge in [0.15, 0.2) is 5.69 Å². The van der Waals surface area contributed by atoms with E-state index >= 15 is 0 Å². The molecule has 0 spiro atoms. The predicted molar refractivity (Wildman–Crippen MR) is 120 cm³/mol. The molecule has 3 amide bonds. The number of hydrogen-bond acceptors (Lipinski definition) is 4. The number of hydrogen-bond donors (Lipinski definition) is 2. The number of fused-ring (bicyclic) bond motifs is 1. The minimum atomic E-state index is -1.08. The Hall–Kier alpha value is -2.68. The zero-order valence-corrected chi connectivity index (χ0v) is 19.2. The van der Waals surface area contributed by atoms with E-state index in [2.05, 4.69) is 31.7 Å². The molecule has 164 valence electrons. The molecule has 0 saturated heterocycles. The molecule has 2 aliphatic rings. The highest BCUT2D eigenvalue weighted by Crippen LogP contribution is 2.28. The Bertz CT molecular complexity index is 1030. The highest BCUT2D eigenvalue weighted by Gasteiger charge is 2.46. The van der Waals surface area contributed by atoms with Crippen molar-refractivity contribution in [3.8, 4) is 0 Å². The first-order valence-electron chi connectivity index (χ1n) is 10.5. The van der Waals surface area contributed by atoms with E-state index in [0.717, 1.165) is 30.2 Å². The second kappa shape index (κ2) is 8.45. The highest BCUT2D eigenvalue weighted by molar-refractivity contribution is 9.10. The van der Waals surface area contributed by atoms with Gasteiger partial charge in [0, 0.05) is 23.6 Å². The number of aromatic nitrogens is 2. The standard InChI is InChI=1S/C22H26BrN5O3/c1-22(21(31)24-14-8-4-3-5-9-14)13-28-18(20(30)27(22)2)12-17(26-28)19(29)25-16-11-7-6-10-15(16)23/h6-7,10-12,14H,3-5,8-9,13H2,1-2H3,(H,24,31)(H,25,29). The molecule has 1 aliphatic heterocycles. The van der Waals surface area contributed by atoms with Crippen LogP contribution in [0.15, 0.2) is 34.8 Å². The van der Waals surface area contributed by atoms with Crippen molar-refractivity contribution in [2.24, 2.45) is 0 Å². The first kappa shape index (κ1) is 21.5. The van der Waals surface area contributed by atoms with Crippen LogP contribution >= 0.6 is 15.9 Å².